The summed E-state index contributed by atoms with van der Waals surface area (Å²) < 4.78 is 5.49. The molecular formula is C10H15N3O. The number of hydrogen-bond donors (Lipinski definition) is 2. The third-order valence-electron chi connectivity index (χ3n) is 2.32. The lowest BCUT2D eigenvalue weighted by molar-refractivity contribution is 0.120. The fourth-order valence-electron chi connectivity index (χ4n) is 1.59. The second-order valence-corrected chi connectivity index (χ2v) is 3.52. The molecule has 1 aliphatic rings. The Labute approximate surface area is 83.5 Å². The molecule has 0 radical (unpaired) electrons. The molecule has 1 saturated heterocycles. The van der Waals surface area contributed by atoms with Gasteiger partial charge in [0.1, 0.15) is 0 Å². The molecule has 1 atom stereocenters. The van der Waals surface area contributed by atoms with Gasteiger partial charge < -0.3 is 15.8 Å². The van der Waals surface area contributed by atoms with E-state index in [0.29, 0.717) is 11.8 Å². The van der Waals surface area contributed by atoms with Crippen LogP contribution in [0.3, 0.4) is 0 Å². The lowest BCUT2D eigenvalue weighted by atomic mass is 10.2. The van der Waals surface area contributed by atoms with E-state index in [-0.39, 0.29) is 0 Å². The summed E-state index contributed by atoms with van der Waals surface area (Å²) in [6.45, 7) is 1.73. The maximum atomic E-state index is 5.61. The Morgan fingerprint density at radius 1 is 1.57 bits per heavy atom. The molecule has 2 heterocycles. The van der Waals surface area contributed by atoms with Crippen LogP contribution in [0.4, 0.5) is 11.4 Å². The SMILES string of the molecule is Nc1cncc(NCC2CCCO2)c1. The van der Waals surface area contributed by atoms with Crippen molar-refractivity contribution >= 4 is 11.4 Å². The fraction of sp³-hybridized carbons (Fsp3) is 0.500. The highest BCUT2D eigenvalue weighted by Crippen LogP contribution is 2.14. The van der Waals surface area contributed by atoms with Crippen LogP contribution < -0.4 is 11.1 Å². The van der Waals surface area contributed by atoms with Crippen LogP contribution in [0.2, 0.25) is 0 Å². The molecule has 0 aliphatic carbocycles. The Kier molecular flexibility index (Phi) is 2.84. The minimum atomic E-state index is 0.344. The first-order valence-corrected chi connectivity index (χ1v) is 4.90. The third kappa shape index (κ3) is 2.35. The monoisotopic (exact) mass is 193 g/mol. The first kappa shape index (κ1) is 9.27. The molecule has 4 nitrogen and oxygen atoms in total. The molecule has 3 N–H and O–H groups in total. The summed E-state index contributed by atoms with van der Waals surface area (Å²) in [4.78, 5) is 4.00. The predicted molar refractivity (Wildman–Crippen MR) is 56.1 cm³/mol. The van der Waals surface area contributed by atoms with Crippen molar-refractivity contribution < 1.29 is 4.74 Å². The zero-order chi connectivity index (χ0) is 9.80. The number of rotatable bonds is 3. The molecule has 76 valence electrons. The maximum absolute atomic E-state index is 5.61. The zero-order valence-corrected chi connectivity index (χ0v) is 8.07. The Balaban J connectivity index is 1.85. The Morgan fingerprint density at radius 2 is 2.50 bits per heavy atom. The fourth-order valence-corrected chi connectivity index (χ4v) is 1.59. The number of aromatic nitrogens is 1. The van der Waals surface area contributed by atoms with Crippen LogP contribution in [0.5, 0.6) is 0 Å². The number of ether oxygens (including phenoxy) is 1. The van der Waals surface area contributed by atoms with Crippen molar-refractivity contribution in [3.63, 3.8) is 0 Å². The lowest BCUT2D eigenvalue weighted by Crippen LogP contribution is -2.18. The van der Waals surface area contributed by atoms with Crippen molar-refractivity contribution in [2.75, 3.05) is 24.2 Å². The van der Waals surface area contributed by atoms with Crippen LogP contribution in [-0.2, 0) is 4.74 Å². The van der Waals surface area contributed by atoms with Crippen molar-refractivity contribution in [3.05, 3.63) is 18.5 Å². The largest absolute Gasteiger partial charge is 0.397 e. The van der Waals surface area contributed by atoms with Gasteiger partial charge in [-0.3, -0.25) is 4.98 Å². The normalized spacial score (nSPS) is 21.0. The zero-order valence-electron chi connectivity index (χ0n) is 8.07. The summed E-state index contributed by atoms with van der Waals surface area (Å²) in [6, 6.07) is 1.88. The van der Waals surface area contributed by atoms with Gasteiger partial charge in [0, 0.05) is 19.3 Å². The van der Waals surface area contributed by atoms with Gasteiger partial charge in [-0.25, -0.2) is 0 Å². The molecule has 1 aromatic heterocycles. The van der Waals surface area contributed by atoms with Gasteiger partial charge in [-0.2, -0.15) is 0 Å². The number of nitrogens with two attached hydrogens (primary N) is 1. The summed E-state index contributed by atoms with van der Waals surface area (Å²) in [5.41, 5.74) is 7.25. The van der Waals surface area contributed by atoms with Crippen LogP contribution >= 0.6 is 0 Å². The van der Waals surface area contributed by atoms with E-state index in [2.05, 4.69) is 10.3 Å². The van der Waals surface area contributed by atoms with E-state index < -0.39 is 0 Å². The molecule has 2 rings (SSSR count). The Bertz CT molecular complexity index is 297. The molecule has 1 unspecified atom stereocenters. The molecule has 14 heavy (non-hydrogen) atoms. The number of nitrogens with one attached hydrogen (secondary N) is 1. The van der Waals surface area contributed by atoms with Crippen LogP contribution in [0.25, 0.3) is 0 Å². The standard InChI is InChI=1S/C10H15N3O/c11-8-4-9(6-12-5-8)13-7-10-2-1-3-14-10/h4-6,10,13H,1-3,7,11H2. The Hall–Kier alpha value is -1.29. The second-order valence-electron chi connectivity index (χ2n) is 3.52. The van der Waals surface area contributed by atoms with E-state index in [1.165, 1.54) is 6.42 Å². The lowest BCUT2D eigenvalue weighted by Gasteiger charge is -2.11. The van der Waals surface area contributed by atoms with E-state index in [1.54, 1.807) is 12.4 Å². The summed E-state index contributed by atoms with van der Waals surface area (Å²) in [7, 11) is 0. The van der Waals surface area contributed by atoms with E-state index in [0.717, 1.165) is 25.3 Å². The van der Waals surface area contributed by atoms with Gasteiger partial charge in [-0.15, -0.1) is 0 Å². The second kappa shape index (κ2) is 4.28. The molecule has 0 spiro atoms. The number of anilines is 2. The van der Waals surface area contributed by atoms with E-state index in [1.807, 2.05) is 6.07 Å². The third-order valence-corrected chi connectivity index (χ3v) is 2.32. The van der Waals surface area contributed by atoms with Crippen molar-refractivity contribution in [2.45, 2.75) is 18.9 Å². The maximum Gasteiger partial charge on any atom is 0.0748 e. The first-order valence-electron chi connectivity index (χ1n) is 4.90. The van der Waals surface area contributed by atoms with E-state index in [9.17, 15) is 0 Å². The van der Waals surface area contributed by atoms with Crippen LogP contribution in [-0.4, -0.2) is 24.2 Å². The highest BCUT2D eigenvalue weighted by Gasteiger charge is 2.14. The summed E-state index contributed by atoms with van der Waals surface area (Å²) in [5, 5.41) is 3.26. The molecule has 4 heteroatoms. The molecule has 0 saturated carbocycles. The number of pyridine rings is 1. The van der Waals surface area contributed by atoms with Crippen molar-refractivity contribution in [1.29, 1.82) is 0 Å². The van der Waals surface area contributed by atoms with E-state index in [4.69, 9.17) is 10.5 Å². The van der Waals surface area contributed by atoms with Gasteiger partial charge >= 0.3 is 0 Å². The van der Waals surface area contributed by atoms with Crippen LogP contribution in [0.15, 0.2) is 18.5 Å². The molecular weight excluding hydrogens is 178 g/mol. The molecule has 0 bridgehead atoms. The van der Waals surface area contributed by atoms with E-state index >= 15 is 0 Å². The average molecular weight is 193 g/mol. The van der Waals surface area contributed by atoms with Crippen molar-refractivity contribution in [2.24, 2.45) is 0 Å². The van der Waals surface area contributed by atoms with Gasteiger partial charge in [-0.05, 0) is 18.9 Å². The first-order chi connectivity index (χ1) is 6.84. The molecule has 1 fully saturated rings. The number of nitrogen functional groups attached to an aromatic ring is 1. The van der Waals surface area contributed by atoms with Crippen molar-refractivity contribution in [1.82, 2.24) is 4.98 Å². The van der Waals surface area contributed by atoms with Crippen LogP contribution in [0.1, 0.15) is 12.8 Å². The van der Waals surface area contributed by atoms with Gasteiger partial charge in [0.25, 0.3) is 0 Å². The van der Waals surface area contributed by atoms with Crippen molar-refractivity contribution in [3.8, 4) is 0 Å². The highest BCUT2D eigenvalue weighted by molar-refractivity contribution is 5.51. The molecule has 1 aromatic rings. The summed E-state index contributed by atoms with van der Waals surface area (Å²) >= 11 is 0. The van der Waals surface area contributed by atoms with Gasteiger partial charge in [0.05, 0.1) is 23.7 Å². The highest BCUT2D eigenvalue weighted by atomic mass is 16.5. The topological polar surface area (TPSA) is 60.2 Å². The molecule has 0 aromatic carbocycles. The number of nitrogens with zero attached hydrogens (tertiary/aromatic N) is 1. The van der Waals surface area contributed by atoms with Crippen LogP contribution in [0, 0.1) is 0 Å². The number of hydrogen-bond acceptors (Lipinski definition) is 4. The average Bonchev–Trinajstić information content (AvgIpc) is 2.67. The molecule has 1 aliphatic heterocycles. The summed E-state index contributed by atoms with van der Waals surface area (Å²) in [6.07, 6.45) is 6.06. The van der Waals surface area contributed by atoms with Gasteiger partial charge in [-0.1, -0.05) is 0 Å². The summed E-state index contributed by atoms with van der Waals surface area (Å²) in [5.74, 6) is 0. The Morgan fingerprint density at radius 3 is 3.21 bits per heavy atom. The minimum Gasteiger partial charge on any atom is -0.397 e. The quantitative estimate of drug-likeness (QED) is 0.758. The van der Waals surface area contributed by atoms with Gasteiger partial charge in [0.15, 0.2) is 0 Å². The van der Waals surface area contributed by atoms with Gasteiger partial charge in [0.2, 0.25) is 0 Å². The smallest absolute Gasteiger partial charge is 0.0748 e. The molecule has 0 amide bonds. The predicted octanol–water partition coefficient (Wildman–Crippen LogP) is 1.25. The minimum absolute atomic E-state index is 0.344.